The predicted octanol–water partition coefficient (Wildman–Crippen LogP) is 3.16. The first-order valence-corrected chi connectivity index (χ1v) is 6.49. The smallest absolute Gasteiger partial charge is 0.271 e. The van der Waals surface area contributed by atoms with Crippen molar-refractivity contribution in [1.82, 2.24) is 9.97 Å². The number of imidazole rings is 1. The topological polar surface area (TPSA) is 90.3 Å². The largest absolute Gasteiger partial charge is 0.493 e. The number of nitro groups is 1. The van der Waals surface area contributed by atoms with Crippen molar-refractivity contribution < 1.29 is 14.4 Å². The first-order valence-electron chi connectivity index (χ1n) is 6.49. The third-order valence-corrected chi connectivity index (χ3v) is 3.33. The lowest BCUT2D eigenvalue weighted by atomic mass is 10.2. The molecule has 0 spiro atoms. The van der Waals surface area contributed by atoms with E-state index in [9.17, 15) is 10.1 Å². The molecular weight excluding hydrogens is 286 g/mol. The average molecular weight is 299 g/mol. The summed E-state index contributed by atoms with van der Waals surface area (Å²) in [4.78, 5) is 17.9. The molecule has 0 atom stereocenters. The van der Waals surface area contributed by atoms with Crippen molar-refractivity contribution in [1.29, 1.82) is 0 Å². The third kappa shape index (κ3) is 2.32. The first kappa shape index (κ1) is 13.9. The number of hydrogen-bond donors (Lipinski definition) is 1. The zero-order chi connectivity index (χ0) is 15.7. The normalized spacial score (nSPS) is 10.6. The molecule has 3 aromatic rings. The molecule has 0 saturated carbocycles. The second-order valence-corrected chi connectivity index (χ2v) is 4.61. The average Bonchev–Trinajstić information content (AvgIpc) is 2.97. The monoisotopic (exact) mass is 299 g/mol. The molecule has 1 aromatic heterocycles. The Morgan fingerprint density at radius 1 is 1.09 bits per heavy atom. The van der Waals surface area contributed by atoms with E-state index in [0.717, 1.165) is 5.56 Å². The van der Waals surface area contributed by atoms with E-state index in [-0.39, 0.29) is 5.69 Å². The van der Waals surface area contributed by atoms with Crippen LogP contribution in [0.15, 0.2) is 36.4 Å². The molecule has 0 aliphatic rings. The molecule has 0 unspecified atom stereocenters. The van der Waals surface area contributed by atoms with E-state index in [0.29, 0.717) is 28.4 Å². The Labute approximate surface area is 125 Å². The number of H-pyrrole nitrogens is 1. The summed E-state index contributed by atoms with van der Waals surface area (Å²) < 4.78 is 10.5. The second-order valence-electron chi connectivity index (χ2n) is 4.61. The highest BCUT2D eigenvalue weighted by molar-refractivity contribution is 5.81. The van der Waals surface area contributed by atoms with Crippen LogP contribution in [0.5, 0.6) is 11.5 Å². The predicted molar refractivity (Wildman–Crippen MR) is 81.3 cm³/mol. The summed E-state index contributed by atoms with van der Waals surface area (Å²) in [5.41, 5.74) is 2.10. The number of methoxy groups -OCH3 is 2. The van der Waals surface area contributed by atoms with Crippen LogP contribution in [0.25, 0.3) is 22.4 Å². The maximum Gasteiger partial charge on any atom is 0.271 e. The van der Waals surface area contributed by atoms with Gasteiger partial charge < -0.3 is 14.5 Å². The van der Waals surface area contributed by atoms with Crippen molar-refractivity contribution in [3.63, 3.8) is 0 Å². The molecule has 7 nitrogen and oxygen atoms in total. The number of aromatic amines is 1. The quantitative estimate of drug-likeness (QED) is 0.590. The molecule has 1 heterocycles. The van der Waals surface area contributed by atoms with Gasteiger partial charge in [-0.15, -0.1) is 0 Å². The molecule has 0 aliphatic carbocycles. The van der Waals surface area contributed by atoms with Crippen LogP contribution in [0, 0.1) is 10.1 Å². The van der Waals surface area contributed by atoms with Gasteiger partial charge >= 0.3 is 0 Å². The highest BCUT2D eigenvalue weighted by Gasteiger charge is 2.12. The van der Waals surface area contributed by atoms with Gasteiger partial charge in [-0.25, -0.2) is 4.98 Å². The van der Waals surface area contributed by atoms with E-state index in [1.54, 1.807) is 32.4 Å². The minimum Gasteiger partial charge on any atom is -0.493 e. The van der Waals surface area contributed by atoms with E-state index < -0.39 is 4.92 Å². The molecule has 22 heavy (non-hydrogen) atoms. The number of ether oxygens (including phenoxy) is 2. The van der Waals surface area contributed by atoms with Gasteiger partial charge in [-0.05, 0) is 24.3 Å². The van der Waals surface area contributed by atoms with Gasteiger partial charge in [0, 0.05) is 17.7 Å². The van der Waals surface area contributed by atoms with Crippen LogP contribution in [-0.2, 0) is 0 Å². The summed E-state index contributed by atoms with van der Waals surface area (Å²) >= 11 is 0. The molecule has 0 bridgehead atoms. The molecule has 0 amide bonds. The maximum absolute atomic E-state index is 10.8. The van der Waals surface area contributed by atoms with Crippen molar-refractivity contribution in [3.8, 4) is 22.9 Å². The van der Waals surface area contributed by atoms with Gasteiger partial charge in [0.25, 0.3) is 5.69 Å². The molecule has 2 aromatic carbocycles. The van der Waals surface area contributed by atoms with E-state index in [4.69, 9.17) is 9.47 Å². The number of rotatable bonds is 4. The number of aromatic nitrogens is 2. The number of nitrogens with zero attached hydrogens (tertiary/aromatic N) is 2. The third-order valence-electron chi connectivity index (χ3n) is 3.33. The minimum atomic E-state index is -0.434. The lowest BCUT2D eigenvalue weighted by Crippen LogP contribution is -1.91. The highest BCUT2D eigenvalue weighted by atomic mass is 16.6. The fourth-order valence-corrected chi connectivity index (χ4v) is 2.23. The number of nitrogens with one attached hydrogen (secondary N) is 1. The minimum absolute atomic E-state index is 0.0232. The SMILES string of the molecule is COc1ccc(-c2nc3ccc([N+](=O)[O-])cc3[nH]2)cc1OC. The summed E-state index contributed by atoms with van der Waals surface area (Å²) in [6.45, 7) is 0. The Hall–Kier alpha value is -3.09. The van der Waals surface area contributed by atoms with Gasteiger partial charge in [0.1, 0.15) is 5.82 Å². The summed E-state index contributed by atoms with van der Waals surface area (Å²) in [6.07, 6.45) is 0. The molecule has 3 rings (SSSR count). The van der Waals surface area contributed by atoms with Crippen LogP contribution in [-0.4, -0.2) is 29.1 Å². The van der Waals surface area contributed by atoms with Gasteiger partial charge in [0.05, 0.1) is 30.2 Å². The van der Waals surface area contributed by atoms with Gasteiger partial charge in [-0.1, -0.05) is 0 Å². The van der Waals surface area contributed by atoms with Crippen molar-refractivity contribution >= 4 is 16.7 Å². The molecular formula is C15H13N3O4. The number of nitro benzene ring substituents is 1. The van der Waals surface area contributed by atoms with Gasteiger partial charge in [0.15, 0.2) is 11.5 Å². The fourth-order valence-electron chi connectivity index (χ4n) is 2.23. The van der Waals surface area contributed by atoms with Crippen LogP contribution in [0.1, 0.15) is 0 Å². The van der Waals surface area contributed by atoms with Crippen molar-refractivity contribution in [2.45, 2.75) is 0 Å². The van der Waals surface area contributed by atoms with Crippen LogP contribution in [0.3, 0.4) is 0 Å². The fraction of sp³-hybridized carbons (Fsp3) is 0.133. The summed E-state index contributed by atoms with van der Waals surface area (Å²) in [7, 11) is 3.13. The molecule has 0 saturated heterocycles. The molecule has 1 N–H and O–H groups in total. The number of non-ortho nitro benzene ring substituents is 1. The molecule has 0 fully saturated rings. The number of fused-ring (bicyclic) bond motifs is 1. The Balaban J connectivity index is 2.08. The molecule has 0 aliphatic heterocycles. The molecule has 112 valence electrons. The Bertz CT molecular complexity index is 857. The van der Waals surface area contributed by atoms with E-state index in [1.165, 1.54) is 12.1 Å². The summed E-state index contributed by atoms with van der Waals surface area (Å²) in [5.74, 6) is 1.82. The zero-order valence-electron chi connectivity index (χ0n) is 12.0. The summed E-state index contributed by atoms with van der Waals surface area (Å²) in [6, 6.07) is 9.94. The van der Waals surface area contributed by atoms with Crippen molar-refractivity contribution in [2.75, 3.05) is 14.2 Å². The number of benzene rings is 2. The lowest BCUT2D eigenvalue weighted by molar-refractivity contribution is -0.384. The van der Waals surface area contributed by atoms with E-state index >= 15 is 0 Å². The van der Waals surface area contributed by atoms with Crippen molar-refractivity contribution in [2.24, 2.45) is 0 Å². The second kappa shape index (κ2) is 5.36. The standard InChI is InChI=1S/C15H13N3O4/c1-21-13-6-3-9(7-14(13)22-2)15-16-11-5-4-10(18(19)20)8-12(11)17-15/h3-8H,1-2H3,(H,16,17). The van der Waals surface area contributed by atoms with E-state index in [1.807, 2.05) is 6.07 Å². The molecule has 7 heteroatoms. The first-order chi connectivity index (χ1) is 10.6. The number of hydrogen-bond acceptors (Lipinski definition) is 5. The van der Waals surface area contributed by atoms with Gasteiger partial charge in [0.2, 0.25) is 0 Å². The Morgan fingerprint density at radius 2 is 1.86 bits per heavy atom. The van der Waals surface area contributed by atoms with Crippen LogP contribution in [0.2, 0.25) is 0 Å². The Kier molecular flexibility index (Phi) is 3.38. The van der Waals surface area contributed by atoms with Gasteiger partial charge in [-0.3, -0.25) is 10.1 Å². The molecule has 0 radical (unpaired) electrons. The highest BCUT2D eigenvalue weighted by Crippen LogP contribution is 2.32. The van der Waals surface area contributed by atoms with Crippen LogP contribution >= 0.6 is 0 Å². The van der Waals surface area contributed by atoms with Crippen molar-refractivity contribution in [3.05, 3.63) is 46.5 Å². The maximum atomic E-state index is 10.8. The van der Waals surface area contributed by atoms with Crippen LogP contribution < -0.4 is 9.47 Å². The lowest BCUT2D eigenvalue weighted by Gasteiger charge is -2.08. The van der Waals surface area contributed by atoms with E-state index in [2.05, 4.69) is 9.97 Å². The van der Waals surface area contributed by atoms with Crippen LogP contribution in [0.4, 0.5) is 5.69 Å². The van der Waals surface area contributed by atoms with Gasteiger partial charge in [-0.2, -0.15) is 0 Å². The Morgan fingerprint density at radius 3 is 2.55 bits per heavy atom. The summed E-state index contributed by atoms with van der Waals surface area (Å²) in [5, 5.41) is 10.8. The zero-order valence-corrected chi connectivity index (χ0v) is 12.0.